The zero-order valence-corrected chi connectivity index (χ0v) is 22.3. The molecule has 0 saturated heterocycles. The minimum atomic E-state index is -0.282. The second-order valence-electron chi connectivity index (χ2n) is 9.46. The lowest BCUT2D eigenvalue weighted by Gasteiger charge is -2.11. The Morgan fingerprint density at radius 1 is 0.526 bits per heavy atom. The third-order valence-corrected chi connectivity index (χ3v) is 6.09. The molecule has 0 aromatic heterocycles. The number of nitrogens with one attached hydrogen (secondary N) is 2. The molecule has 8 heteroatoms. The molecule has 3 rings (SSSR count). The molecular formula is C30H34N4O4. The molecule has 4 amide bonds. The van der Waals surface area contributed by atoms with E-state index >= 15 is 0 Å². The molecular weight excluding hydrogens is 480 g/mol. The van der Waals surface area contributed by atoms with Crippen LogP contribution in [0, 0.1) is 0 Å². The molecule has 3 aromatic rings. The van der Waals surface area contributed by atoms with Crippen LogP contribution in [0.4, 0.5) is 11.4 Å². The van der Waals surface area contributed by atoms with Crippen LogP contribution in [0.1, 0.15) is 44.7 Å². The first-order valence-corrected chi connectivity index (χ1v) is 12.4. The van der Waals surface area contributed by atoms with Crippen molar-refractivity contribution < 1.29 is 19.2 Å². The van der Waals surface area contributed by atoms with Crippen molar-refractivity contribution in [3.05, 3.63) is 95.1 Å². The summed E-state index contributed by atoms with van der Waals surface area (Å²) in [5.74, 6) is -0.420. The summed E-state index contributed by atoms with van der Waals surface area (Å²) in [6.45, 7) is 0. The van der Waals surface area contributed by atoms with Crippen LogP contribution in [0.3, 0.4) is 0 Å². The Balaban J connectivity index is 1.51. The van der Waals surface area contributed by atoms with Gasteiger partial charge in [-0.15, -0.1) is 0 Å². The third-order valence-electron chi connectivity index (χ3n) is 6.09. The zero-order chi connectivity index (χ0) is 27.7. The van der Waals surface area contributed by atoms with Crippen LogP contribution in [-0.4, -0.2) is 61.6 Å². The van der Waals surface area contributed by atoms with Crippen molar-refractivity contribution in [3.8, 4) is 0 Å². The van der Waals surface area contributed by atoms with E-state index < -0.39 is 0 Å². The smallest absolute Gasteiger partial charge is 0.255 e. The maximum atomic E-state index is 12.6. The van der Waals surface area contributed by atoms with Gasteiger partial charge in [0.25, 0.3) is 11.8 Å². The van der Waals surface area contributed by atoms with Crippen molar-refractivity contribution in [2.75, 3.05) is 38.8 Å². The van der Waals surface area contributed by atoms with Gasteiger partial charge in [-0.25, -0.2) is 0 Å². The summed E-state index contributed by atoms with van der Waals surface area (Å²) < 4.78 is 0. The van der Waals surface area contributed by atoms with E-state index in [0.717, 1.165) is 11.1 Å². The van der Waals surface area contributed by atoms with Gasteiger partial charge < -0.3 is 20.4 Å². The van der Waals surface area contributed by atoms with E-state index in [9.17, 15) is 19.2 Å². The maximum absolute atomic E-state index is 12.6. The first-order valence-electron chi connectivity index (χ1n) is 12.4. The van der Waals surface area contributed by atoms with Crippen molar-refractivity contribution in [2.45, 2.75) is 25.7 Å². The minimum absolute atomic E-state index is 0.0716. The van der Waals surface area contributed by atoms with Crippen molar-refractivity contribution >= 4 is 35.0 Å². The van der Waals surface area contributed by atoms with Gasteiger partial charge >= 0.3 is 0 Å². The highest BCUT2D eigenvalue weighted by atomic mass is 16.2. The van der Waals surface area contributed by atoms with Crippen molar-refractivity contribution in [1.82, 2.24) is 9.80 Å². The lowest BCUT2D eigenvalue weighted by Crippen LogP contribution is -2.21. The summed E-state index contributed by atoms with van der Waals surface area (Å²) >= 11 is 0. The van der Waals surface area contributed by atoms with Crippen molar-refractivity contribution in [3.63, 3.8) is 0 Å². The van der Waals surface area contributed by atoms with Crippen molar-refractivity contribution in [1.29, 1.82) is 0 Å². The molecule has 2 N–H and O–H groups in total. The lowest BCUT2D eigenvalue weighted by atomic mass is 10.1. The number of nitrogens with zero attached hydrogens (tertiary/aromatic N) is 2. The molecule has 0 bridgehead atoms. The van der Waals surface area contributed by atoms with Gasteiger partial charge in [-0.05, 0) is 72.5 Å². The lowest BCUT2D eigenvalue weighted by molar-refractivity contribution is -0.129. The molecule has 0 spiro atoms. The summed E-state index contributed by atoms with van der Waals surface area (Å²) in [6.07, 6.45) is 2.14. The third kappa shape index (κ3) is 8.30. The molecule has 0 unspecified atom stereocenters. The molecule has 0 saturated carbocycles. The van der Waals surface area contributed by atoms with Gasteiger partial charge in [0.15, 0.2) is 0 Å². The predicted octanol–water partition coefficient (Wildman–Crippen LogP) is 4.23. The normalized spacial score (nSPS) is 10.4. The van der Waals surface area contributed by atoms with Crippen LogP contribution in [0.15, 0.2) is 72.8 Å². The average Bonchev–Trinajstić information content (AvgIpc) is 2.91. The number of hydrogen-bond acceptors (Lipinski definition) is 4. The highest BCUT2D eigenvalue weighted by Crippen LogP contribution is 2.16. The van der Waals surface area contributed by atoms with Crippen LogP contribution in [-0.2, 0) is 22.4 Å². The van der Waals surface area contributed by atoms with Gasteiger partial charge in [0.05, 0.1) is 0 Å². The Labute approximate surface area is 223 Å². The van der Waals surface area contributed by atoms with E-state index in [1.807, 2.05) is 24.3 Å². The first-order chi connectivity index (χ1) is 18.1. The predicted molar refractivity (Wildman–Crippen MR) is 149 cm³/mol. The molecule has 8 nitrogen and oxygen atoms in total. The SMILES string of the molecule is CN(C)C(=O)CCc1ccc(NC(=O)c2ccc(C(=O)Nc3ccc(CCC(=O)N(C)C)cc3)cc2)cc1. The summed E-state index contributed by atoms with van der Waals surface area (Å²) in [7, 11) is 6.94. The number of hydrogen-bond donors (Lipinski definition) is 2. The fourth-order valence-corrected chi connectivity index (χ4v) is 3.64. The number of carbonyl (C=O) groups is 4. The maximum Gasteiger partial charge on any atom is 0.255 e. The Kier molecular flexibility index (Phi) is 9.76. The van der Waals surface area contributed by atoms with E-state index in [-0.39, 0.29) is 23.6 Å². The van der Waals surface area contributed by atoms with E-state index in [2.05, 4.69) is 10.6 Å². The molecule has 0 atom stereocenters. The Morgan fingerprint density at radius 3 is 1.13 bits per heavy atom. The van der Waals surface area contributed by atoms with Crippen LogP contribution in [0.2, 0.25) is 0 Å². The van der Waals surface area contributed by atoms with Crippen LogP contribution >= 0.6 is 0 Å². The number of benzene rings is 3. The van der Waals surface area contributed by atoms with Crippen molar-refractivity contribution in [2.24, 2.45) is 0 Å². The fraction of sp³-hybridized carbons (Fsp3) is 0.267. The van der Waals surface area contributed by atoms with E-state index in [0.29, 0.717) is 48.2 Å². The van der Waals surface area contributed by atoms with Gasteiger partial charge in [-0.3, -0.25) is 19.2 Å². The number of amides is 4. The second kappa shape index (κ2) is 13.2. The summed E-state index contributed by atoms with van der Waals surface area (Å²) in [6, 6.07) is 21.2. The van der Waals surface area contributed by atoms with Crippen LogP contribution in [0.25, 0.3) is 0 Å². The zero-order valence-electron chi connectivity index (χ0n) is 22.3. The highest BCUT2D eigenvalue weighted by molar-refractivity contribution is 6.07. The summed E-state index contributed by atoms with van der Waals surface area (Å²) in [4.78, 5) is 51.9. The molecule has 0 aliphatic carbocycles. The monoisotopic (exact) mass is 514 g/mol. The highest BCUT2D eigenvalue weighted by Gasteiger charge is 2.11. The second-order valence-corrected chi connectivity index (χ2v) is 9.46. The summed E-state index contributed by atoms with van der Waals surface area (Å²) in [5, 5.41) is 5.69. The van der Waals surface area contributed by atoms with Crippen LogP contribution < -0.4 is 10.6 Å². The molecule has 0 radical (unpaired) electrons. The molecule has 0 aliphatic heterocycles. The van der Waals surface area contributed by atoms with Gasteiger partial charge in [-0.2, -0.15) is 0 Å². The Bertz CT molecular complexity index is 1160. The quantitative estimate of drug-likeness (QED) is 0.423. The topological polar surface area (TPSA) is 98.8 Å². The molecule has 0 heterocycles. The van der Waals surface area contributed by atoms with Gasteiger partial charge in [0.1, 0.15) is 0 Å². The van der Waals surface area contributed by atoms with Gasteiger partial charge in [0, 0.05) is 63.5 Å². The van der Waals surface area contributed by atoms with Gasteiger partial charge in [-0.1, -0.05) is 24.3 Å². The standard InChI is InChI=1S/C30H34N4O4/c1-33(2)27(35)19-9-21-5-15-25(16-6-21)31-29(37)23-11-13-24(14-12-23)30(38)32-26-17-7-22(8-18-26)10-20-28(36)34(3)4/h5-8,11-18H,9-10,19-20H2,1-4H3,(H,31,37)(H,32,38). The minimum Gasteiger partial charge on any atom is -0.349 e. The fourth-order valence-electron chi connectivity index (χ4n) is 3.64. The number of rotatable bonds is 10. The molecule has 0 fully saturated rings. The first kappa shape index (κ1) is 28.1. The Hall–Kier alpha value is -4.46. The van der Waals surface area contributed by atoms with E-state index in [4.69, 9.17) is 0 Å². The Morgan fingerprint density at radius 2 is 0.842 bits per heavy atom. The van der Waals surface area contributed by atoms with Crippen LogP contribution in [0.5, 0.6) is 0 Å². The van der Waals surface area contributed by atoms with Gasteiger partial charge in [0.2, 0.25) is 11.8 Å². The summed E-state index contributed by atoms with van der Waals surface area (Å²) in [5.41, 5.74) is 4.19. The number of carbonyl (C=O) groups excluding carboxylic acids is 4. The molecule has 0 aliphatic rings. The van der Waals surface area contributed by atoms with E-state index in [1.165, 1.54) is 0 Å². The number of anilines is 2. The average molecular weight is 515 g/mol. The molecule has 3 aromatic carbocycles. The largest absolute Gasteiger partial charge is 0.349 e. The molecule has 38 heavy (non-hydrogen) atoms. The molecule has 198 valence electrons. The van der Waals surface area contributed by atoms with E-state index in [1.54, 1.807) is 86.5 Å². The number of aryl methyl sites for hydroxylation is 2.